The molecule has 0 bridgehead atoms. The van der Waals surface area contributed by atoms with Crippen LogP contribution in [0.3, 0.4) is 0 Å². The first-order chi connectivity index (χ1) is 29.0. The smallest absolute Gasteiger partial charge is 0.0520 e. The van der Waals surface area contributed by atoms with Crippen LogP contribution in [0.2, 0.25) is 0 Å². The highest BCUT2D eigenvalue weighted by Crippen LogP contribution is 2.65. The molecule has 0 unspecified atom stereocenters. The summed E-state index contributed by atoms with van der Waals surface area (Å²) in [7, 11) is 0. The van der Waals surface area contributed by atoms with Gasteiger partial charge in [-0.2, -0.15) is 0 Å². The Kier molecular flexibility index (Phi) is 11.9. The van der Waals surface area contributed by atoms with Gasteiger partial charge in [-0.05, 0) is 195 Å². The Morgan fingerprint density at radius 1 is 0.517 bits per heavy atom. The van der Waals surface area contributed by atoms with Gasteiger partial charge in [0.25, 0.3) is 0 Å². The van der Waals surface area contributed by atoms with Crippen LogP contribution in [0.5, 0.6) is 0 Å². The van der Waals surface area contributed by atoms with Crippen LogP contribution in [0.25, 0.3) is 11.1 Å². The molecule has 0 saturated heterocycles. The predicted molar refractivity (Wildman–Crippen MR) is 263 cm³/mol. The molecule has 1 fully saturated rings. The van der Waals surface area contributed by atoms with Crippen molar-refractivity contribution in [2.24, 2.45) is 0 Å². The summed E-state index contributed by atoms with van der Waals surface area (Å²) in [6.07, 6.45) is 11.6. The third kappa shape index (κ3) is 7.19. The number of hydrogen-bond donors (Lipinski definition) is 1. The molecule has 3 heteroatoms. The summed E-state index contributed by atoms with van der Waals surface area (Å²) in [4.78, 5) is 6.09. The first kappa shape index (κ1) is 42.0. The number of benzene rings is 6. The zero-order valence-electron chi connectivity index (χ0n) is 37.8. The SMILES string of the molecule is CCCCc1cc(C)c(N(c2ccc(CC)cc2)c2ccc3c(c2)[C@@]2(CCC)CCC[C@@]2(C)c2cc(N(c4ccc(CC)cc4)c4c(C)cc(S)cc4C)ccc2-3)c(C)c1. The van der Waals surface area contributed by atoms with Gasteiger partial charge in [-0.15, -0.1) is 12.6 Å². The third-order valence-electron chi connectivity index (χ3n) is 14.4. The average molecular weight is 811 g/mol. The third-order valence-corrected chi connectivity index (χ3v) is 14.7. The number of nitrogens with zero attached hydrogens (tertiary/aromatic N) is 2. The Balaban J connectivity index is 1.34. The van der Waals surface area contributed by atoms with Crippen molar-refractivity contribution < 1.29 is 0 Å². The Morgan fingerprint density at radius 2 is 0.983 bits per heavy atom. The van der Waals surface area contributed by atoms with Gasteiger partial charge in [-0.25, -0.2) is 0 Å². The zero-order valence-corrected chi connectivity index (χ0v) is 38.7. The van der Waals surface area contributed by atoms with Crippen molar-refractivity contribution >= 4 is 46.8 Å². The molecule has 1 saturated carbocycles. The summed E-state index contributed by atoms with van der Waals surface area (Å²) in [6.45, 7) is 20.9. The molecule has 0 N–H and O–H groups in total. The van der Waals surface area contributed by atoms with E-state index in [1.165, 1.54) is 134 Å². The summed E-state index contributed by atoms with van der Waals surface area (Å²) in [5, 5.41) is 0. The minimum Gasteiger partial charge on any atom is -0.310 e. The lowest BCUT2D eigenvalue weighted by molar-refractivity contribution is 0.251. The lowest BCUT2D eigenvalue weighted by Gasteiger charge is -2.51. The molecule has 0 amide bonds. The Bertz CT molecular complexity index is 2470. The van der Waals surface area contributed by atoms with Crippen molar-refractivity contribution in [2.75, 3.05) is 9.80 Å². The van der Waals surface area contributed by atoms with Crippen molar-refractivity contribution in [1.29, 1.82) is 0 Å². The van der Waals surface area contributed by atoms with E-state index >= 15 is 0 Å². The predicted octanol–water partition coefficient (Wildman–Crippen LogP) is 16.8. The van der Waals surface area contributed by atoms with Gasteiger partial charge in [0.05, 0.1) is 11.4 Å². The molecule has 8 rings (SSSR count). The molecular formula is C57H66N2S. The molecule has 2 atom stereocenters. The van der Waals surface area contributed by atoms with E-state index in [0.29, 0.717) is 0 Å². The molecule has 60 heavy (non-hydrogen) atoms. The van der Waals surface area contributed by atoms with Crippen LogP contribution < -0.4 is 9.80 Å². The van der Waals surface area contributed by atoms with Crippen LogP contribution >= 0.6 is 12.6 Å². The van der Waals surface area contributed by atoms with E-state index in [2.05, 4.69) is 181 Å². The Labute approximate surface area is 367 Å². The lowest BCUT2D eigenvalue weighted by atomic mass is 9.53. The highest BCUT2D eigenvalue weighted by Gasteiger charge is 2.57. The van der Waals surface area contributed by atoms with Crippen molar-refractivity contribution in [3.05, 3.63) is 159 Å². The van der Waals surface area contributed by atoms with Gasteiger partial charge in [0, 0.05) is 38.5 Å². The van der Waals surface area contributed by atoms with E-state index in [4.69, 9.17) is 12.6 Å². The average Bonchev–Trinajstić information content (AvgIpc) is 3.60. The van der Waals surface area contributed by atoms with Crippen molar-refractivity contribution in [2.45, 2.75) is 142 Å². The number of aryl methyl sites for hydroxylation is 7. The van der Waals surface area contributed by atoms with E-state index < -0.39 is 0 Å². The molecule has 6 aromatic rings. The van der Waals surface area contributed by atoms with Gasteiger partial charge in [0.15, 0.2) is 0 Å². The minimum absolute atomic E-state index is 0.0167. The standard InChI is InChI=1S/C57H66N2S/c1-10-14-16-44-32-38(5)54(39(6)33-44)59(46-23-19-43(13-4)20-24-46)48-26-28-51-50-27-25-47(36-52(50)56(9)30-15-31-57(56,29-11-2)53(51)37-48)58(45-21-17-42(12-3)18-22-45)55-40(7)34-49(60)35-41(55)8/h17-28,32-37,60H,10-16,29-31H2,1-9H3/t56-,57+/m0/s1. The van der Waals surface area contributed by atoms with Crippen LogP contribution in [-0.4, -0.2) is 0 Å². The Hall–Kier alpha value is -4.73. The fourth-order valence-corrected chi connectivity index (χ4v) is 11.9. The number of anilines is 6. The molecule has 310 valence electrons. The Morgan fingerprint density at radius 3 is 1.47 bits per heavy atom. The number of unbranched alkanes of at least 4 members (excludes halogenated alkanes) is 1. The highest BCUT2D eigenvalue weighted by molar-refractivity contribution is 7.80. The van der Waals surface area contributed by atoms with Crippen LogP contribution in [0, 0.1) is 27.7 Å². The summed E-state index contributed by atoms with van der Waals surface area (Å²) in [6, 6.07) is 42.8. The highest BCUT2D eigenvalue weighted by atomic mass is 32.1. The fourth-order valence-electron chi connectivity index (χ4n) is 11.5. The summed E-state index contributed by atoms with van der Waals surface area (Å²) >= 11 is 4.79. The largest absolute Gasteiger partial charge is 0.310 e. The molecular weight excluding hydrogens is 745 g/mol. The first-order valence-corrected chi connectivity index (χ1v) is 23.4. The van der Waals surface area contributed by atoms with Gasteiger partial charge >= 0.3 is 0 Å². The summed E-state index contributed by atoms with van der Waals surface area (Å²) in [5.41, 5.74) is 22.6. The normalized spacial score (nSPS) is 17.9. The van der Waals surface area contributed by atoms with Crippen molar-refractivity contribution in [3.63, 3.8) is 0 Å². The van der Waals surface area contributed by atoms with Gasteiger partial charge in [0.1, 0.15) is 0 Å². The van der Waals surface area contributed by atoms with Crippen molar-refractivity contribution in [3.8, 4) is 11.1 Å². The molecule has 0 radical (unpaired) electrons. The lowest BCUT2D eigenvalue weighted by Crippen LogP contribution is -2.46. The molecule has 0 spiro atoms. The molecule has 2 aliphatic rings. The fraction of sp³-hybridized carbons (Fsp3) is 0.368. The van der Waals surface area contributed by atoms with Gasteiger partial charge in [-0.1, -0.05) is 102 Å². The van der Waals surface area contributed by atoms with Crippen LogP contribution in [-0.2, 0) is 30.1 Å². The van der Waals surface area contributed by atoms with Gasteiger partial charge < -0.3 is 9.80 Å². The second-order valence-corrected chi connectivity index (χ2v) is 18.8. The maximum Gasteiger partial charge on any atom is 0.0520 e. The first-order valence-electron chi connectivity index (χ1n) is 22.9. The molecule has 2 aliphatic carbocycles. The van der Waals surface area contributed by atoms with E-state index in [1.54, 1.807) is 0 Å². The quantitative estimate of drug-likeness (QED) is 0.116. The summed E-state index contributed by atoms with van der Waals surface area (Å²) < 4.78 is 0. The molecule has 2 nitrogen and oxygen atoms in total. The van der Waals surface area contributed by atoms with E-state index in [-0.39, 0.29) is 10.8 Å². The maximum atomic E-state index is 4.79. The van der Waals surface area contributed by atoms with E-state index in [0.717, 1.165) is 30.6 Å². The monoisotopic (exact) mass is 810 g/mol. The number of hydrogen-bond acceptors (Lipinski definition) is 3. The number of rotatable bonds is 13. The van der Waals surface area contributed by atoms with Crippen molar-refractivity contribution in [1.82, 2.24) is 0 Å². The molecule has 6 aromatic carbocycles. The van der Waals surface area contributed by atoms with Gasteiger partial charge in [-0.3, -0.25) is 0 Å². The minimum atomic E-state index is -0.0167. The van der Waals surface area contributed by atoms with Gasteiger partial charge in [0.2, 0.25) is 0 Å². The number of fused-ring (bicyclic) bond motifs is 6. The molecule has 0 heterocycles. The van der Waals surface area contributed by atoms with E-state index in [9.17, 15) is 0 Å². The van der Waals surface area contributed by atoms with Crippen LogP contribution in [0.4, 0.5) is 34.1 Å². The van der Waals surface area contributed by atoms with E-state index in [1.807, 2.05) is 0 Å². The summed E-state index contributed by atoms with van der Waals surface area (Å²) in [5.74, 6) is 0. The number of thiol groups is 1. The second-order valence-electron chi connectivity index (χ2n) is 18.3. The zero-order chi connectivity index (χ0) is 42.3. The van der Waals surface area contributed by atoms with Crippen LogP contribution in [0.1, 0.15) is 130 Å². The maximum absolute atomic E-state index is 4.79. The molecule has 0 aliphatic heterocycles. The molecule has 0 aromatic heterocycles. The van der Waals surface area contributed by atoms with Crippen LogP contribution in [0.15, 0.2) is 114 Å². The second kappa shape index (κ2) is 17.0. The topological polar surface area (TPSA) is 6.48 Å².